The normalized spacial score (nSPS) is 18.3. The number of rotatable bonds is 7. The van der Waals surface area contributed by atoms with E-state index in [-0.39, 0.29) is 5.56 Å². The number of ether oxygens (including phenoxy) is 2. The number of nitrogens with one attached hydrogen (secondary N) is 2. The molecule has 4 amide bonds. The first-order valence-corrected chi connectivity index (χ1v) is 9.83. The first-order valence-electron chi connectivity index (χ1n) is 9.83. The van der Waals surface area contributed by atoms with Crippen LogP contribution in [0.3, 0.4) is 0 Å². The molecule has 1 heterocycles. The van der Waals surface area contributed by atoms with Gasteiger partial charge in [0, 0.05) is 11.1 Å². The molecule has 0 aromatic heterocycles. The van der Waals surface area contributed by atoms with E-state index in [0.29, 0.717) is 29.0 Å². The Morgan fingerprint density at radius 1 is 1.16 bits per heavy atom. The summed E-state index contributed by atoms with van der Waals surface area (Å²) >= 11 is 0. The topological polar surface area (TPSA) is 97.0 Å². The molecule has 2 N–H and O–H groups in total. The number of hydrogen-bond donors (Lipinski definition) is 2. The molecule has 1 unspecified atom stereocenters. The number of carbonyl (C=O) groups is 3. The maximum atomic E-state index is 13.2. The molecule has 0 saturated carbocycles. The standard InChI is InChI=1S/C23H25N3O5/c1-5-10-15-13-16(14-18(30-3)19(15)31-4)20(27)25-26-21(28)23(6-2,24-22(26)29)17-11-8-7-9-12-17/h5,7-14H,6H2,1-4H3,(H,24,29)(H,25,27)/b10-5+. The average Bonchev–Trinajstić information content (AvgIpc) is 3.04. The highest BCUT2D eigenvalue weighted by atomic mass is 16.5. The van der Waals surface area contributed by atoms with Gasteiger partial charge in [0.1, 0.15) is 5.54 Å². The van der Waals surface area contributed by atoms with Gasteiger partial charge in [0.2, 0.25) is 0 Å². The van der Waals surface area contributed by atoms with Gasteiger partial charge in [-0.3, -0.25) is 15.0 Å². The zero-order valence-corrected chi connectivity index (χ0v) is 17.9. The maximum absolute atomic E-state index is 13.2. The lowest BCUT2D eigenvalue weighted by Crippen LogP contribution is -2.48. The average molecular weight is 423 g/mol. The molecule has 3 rings (SSSR count). The second-order valence-electron chi connectivity index (χ2n) is 6.94. The Kier molecular flexibility index (Phi) is 6.29. The van der Waals surface area contributed by atoms with Crippen molar-refractivity contribution in [1.29, 1.82) is 0 Å². The first kappa shape index (κ1) is 21.9. The van der Waals surface area contributed by atoms with Crippen LogP contribution < -0.4 is 20.2 Å². The predicted octanol–water partition coefficient (Wildman–Crippen LogP) is 3.24. The summed E-state index contributed by atoms with van der Waals surface area (Å²) in [6.07, 6.45) is 3.89. The molecule has 1 saturated heterocycles. The third kappa shape index (κ3) is 3.84. The Labute approximate surface area is 180 Å². The Balaban J connectivity index is 1.93. The van der Waals surface area contributed by atoms with Gasteiger partial charge in [0.15, 0.2) is 11.5 Å². The molecule has 1 aliphatic heterocycles. The minimum Gasteiger partial charge on any atom is -0.493 e. The number of urea groups is 1. The Morgan fingerprint density at radius 2 is 1.87 bits per heavy atom. The van der Waals surface area contributed by atoms with Crippen molar-refractivity contribution in [2.24, 2.45) is 0 Å². The molecule has 2 aromatic carbocycles. The summed E-state index contributed by atoms with van der Waals surface area (Å²) in [6, 6.07) is 11.3. The van der Waals surface area contributed by atoms with Crippen LogP contribution in [-0.4, -0.2) is 37.1 Å². The van der Waals surface area contributed by atoms with Gasteiger partial charge >= 0.3 is 6.03 Å². The minimum absolute atomic E-state index is 0.208. The summed E-state index contributed by atoms with van der Waals surface area (Å²) < 4.78 is 10.7. The van der Waals surface area contributed by atoms with Crippen molar-refractivity contribution in [3.8, 4) is 11.5 Å². The molecule has 1 atom stereocenters. The Morgan fingerprint density at radius 3 is 2.45 bits per heavy atom. The van der Waals surface area contributed by atoms with Crippen LogP contribution in [0.15, 0.2) is 48.5 Å². The van der Waals surface area contributed by atoms with Crippen LogP contribution in [-0.2, 0) is 10.3 Å². The molecular formula is C23H25N3O5. The fourth-order valence-electron chi connectivity index (χ4n) is 3.63. The third-order valence-corrected chi connectivity index (χ3v) is 5.22. The lowest BCUT2D eigenvalue weighted by Gasteiger charge is -2.25. The van der Waals surface area contributed by atoms with E-state index in [2.05, 4.69) is 10.7 Å². The van der Waals surface area contributed by atoms with Crippen molar-refractivity contribution >= 4 is 23.9 Å². The third-order valence-electron chi connectivity index (χ3n) is 5.22. The van der Waals surface area contributed by atoms with E-state index >= 15 is 0 Å². The number of hydrogen-bond acceptors (Lipinski definition) is 5. The summed E-state index contributed by atoms with van der Waals surface area (Å²) in [5.41, 5.74) is 2.67. The molecule has 8 heteroatoms. The van der Waals surface area contributed by atoms with Crippen molar-refractivity contribution in [3.63, 3.8) is 0 Å². The highest BCUT2D eigenvalue weighted by Crippen LogP contribution is 2.34. The Hall–Kier alpha value is -3.81. The smallest absolute Gasteiger partial charge is 0.344 e. The van der Waals surface area contributed by atoms with Gasteiger partial charge in [-0.15, -0.1) is 0 Å². The van der Waals surface area contributed by atoms with E-state index in [0.717, 1.165) is 5.01 Å². The van der Waals surface area contributed by atoms with Crippen LogP contribution in [0.5, 0.6) is 11.5 Å². The van der Waals surface area contributed by atoms with Crippen LogP contribution in [0.2, 0.25) is 0 Å². The van der Waals surface area contributed by atoms with Crippen LogP contribution >= 0.6 is 0 Å². The van der Waals surface area contributed by atoms with Gasteiger partial charge in [0.05, 0.1) is 14.2 Å². The number of benzene rings is 2. The lowest BCUT2D eigenvalue weighted by atomic mass is 9.87. The molecule has 0 spiro atoms. The summed E-state index contributed by atoms with van der Waals surface area (Å²) in [5, 5.41) is 3.46. The molecule has 1 aliphatic rings. The van der Waals surface area contributed by atoms with Crippen molar-refractivity contribution in [2.45, 2.75) is 25.8 Å². The molecule has 0 radical (unpaired) electrons. The largest absolute Gasteiger partial charge is 0.493 e. The molecule has 2 aromatic rings. The molecule has 0 aliphatic carbocycles. The quantitative estimate of drug-likeness (QED) is 0.667. The summed E-state index contributed by atoms with van der Waals surface area (Å²) in [5.74, 6) is -0.349. The molecule has 8 nitrogen and oxygen atoms in total. The number of imide groups is 1. The van der Waals surface area contributed by atoms with Gasteiger partial charge in [0.25, 0.3) is 11.8 Å². The Bertz CT molecular complexity index is 1040. The monoisotopic (exact) mass is 423 g/mol. The maximum Gasteiger partial charge on any atom is 0.344 e. The van der Waals surface area contributed by atoms with E-state index < -0.39 is 23.4 Å². The summed E-state index contributed by atoms with van der Waals surface area (Å²) in [4.78, 5) is 38.8. The first-order chi connectivity index (χ1) is 14.9. The number of allylic oxidation sites excluding steroid dienone is 1. The van der Waals surface area contributed by atoms with Gasteiger partial charge in [-0.05, 0) is 31.0 Å². The molecule has 0 bridgehead atoms. The second kappa shape index (κ2) is 8.91. The van der Waals surface area contributed by atoms with E-state index in [1.165, 1.54) is 20.3 Å². The van der Waals surface area contributed by atoms with Crippen LogP contribution in [0.1, 0.15) is 41.8 Å². The number of carbonyl (C=O) groups excluding carboxylic acids is 3. The minimum atomic E-state index is -1.24. The van der Waals surface area contributed by atoms with Gasteiger partial charge in [-0.2, -0.15) is 5.01 Å². The number of nitrogens with zero attached hydrogens (tertiary/aromatic N) is 1. The highest BCUT2D eigenvalue weighted by molar-refractivity contribution is 6.09. The summed E-state index contributed by atoms with van der Waals surface area (Å²) in [6.45, 7) is 3.63. The van der Waals surface area contributed by atoms with E-state index in [9.17, 15) is 14.4 Å². The SMILES string of the molecule is C/C=C/c1cc(C(=O)NN2C(=O)NC(CC)(c3ccccc3)C2=O)cc(OC)c1OC. The zero-order valence-electron chi connectivity index (χ0n) is 17.9. The molecular weight excluding hydrogens is 398 g/mol. The highest BCUT2D eigenvalue weighted by Gasteiger charge is 2.52. The number of hydrazine groups is 1. The van der Waals surface area contributed by atoms with E-state index in [4.69, 9.17) is 9.47 Å². The zero-order chi connectivity index (χ0) is 22.6. The van der Waals surface area contributed by atoms with Gasteiger partial charge < -0.3 is 14.8 Å². The van der Waals surface area contributed by atoms with Crippen molar-refractivity contribution in [3.05, 3.63) is 65.2 Å². The second-order valence-corrected chi connectivity index (χ2v) is 6.94. The van der Waals surface area contributed by atoms with Crippen molar-refractivity contribution < 1.29 is 23.9 Å². The molecule has 162 valence electrons. The number of methoxy groups -OCH3 is 2. The lowest BCUT2D eigenvalue weighted by molar-refractivity contribution is -0.133. The van der Waals surface area contributed by atoms with E-state index in [1.807, 2.05) is 13.0 Å². The van der Waals surface area contributed by atoms with Crippen LogP contribution in [0.4, 0.5) is 4.79 Å². The molecule has 1 fully saturated rings. The fraction of sp³-hybridized carbons (Fsp3) is 0.261. The number of amides is 4. The van der Waals surface area contributed by atoms with Crippen molar-refractivity contribution in [2.75, 3.05) is 14.2 Å². The van der Waals surface area contributed by atoms with Crippen molar-refractivity contribution in [1.82, 2.24) is 15.8 Å². The van der Waals surface area contributed by atoms with Gasteiger partial charge in [-0.25, -0.2) is 4.79 Å². The molecule has 31 heavy (non-hydrogen) atoms. The van der Waals surface area contributed by atoms with Crippen LogP contribution in [0, 0.1) is 0 Å². The summed E-state index contributed by atoms with van der Waals surface area (Å²) in [7, 11) is 2.97. The van der Waals surface area contributed by atoms with Crippen LogP contribution in [0.25, 0.3) is 6.08 Å². The van der Waals surface area contributed by atoms with E-state index in [1.54, 1.807) is 49.4 Å². The predicted molar refractivity (Wildman–Crippen MR) is 116 cm³/mol. The fourth-order valence-corrected chi connectivity index (χ4v) is 3.63. The van der Waals surface area contributed by atoms with Gasteiger partial charge in [-0.1, -0.05) is 49.4 Å².